The van der Waals surface area contributed by atoms with Crippen LogP contribution in [0, 0.1) is 5.95 Å². The second-order valence-corrected chi connectivity index (χ2v) is 2.90. The van der Waals surface area contributed by atoms with Crippen molar-refractivity contribution in [2.45, 2.75) is 12.6 Å². The molecule has 1 nitrogen and oxygen atoms in total. The van der Waals surface area contributed by atoms with E-state index in [0.29, 0.717) is 0 Å². The van der Waals surface area contributed by atoms with Crippen LogP contribution in [0.2, 0.25) is 5.02 Å². The van der Waals surface area contributed by atoms with Crippen LogP contribution in [0.4, 0.5) is 26.3 Å². The lowest BCUT2D eigenvalue weighted by atomic mass is 10.2. The highest BCUT2D eigenvalue weighted by molar-refractivity contribution is 6.30. The third-order valence-corrected chi connectivity index (χ3v) is 1.73. The first kappa shape index (κ1) is 12.1. The summed E-state index contributed by atoms with van der Waals surface area (Å²) in [5.74, 6) is -1.63. The zero-order valence-corrected chi connectivity index (χ0v) is 7.50. The highest BCUT2D eigenvalue weighted by Gasteiger charge is 2.38. The lowest BCUT2D eigenvalue weighted by Crippen LogP contribution is -2.13. The lowest BCUT2D eigenvalue weighted by Gasteiger charge is -2.11. The van der Waals surface area contributed by atoms with Gasteiger partial charge in [0, 0.05) is 0 Å². The van der Waals surface area contributed by atoms with E-state index in [1.54, 1.807) is 0 Å². The summed E-state index contributed by atoms with van der Waals surface area (Å²) in [4.78, 5) is 2.36. The lowest BCUT2D eigenvalue weighted by molar-refractivity contribution is -0.143. The van der Waals surface area contributed by atoms with Gasteiger partial charge in [0.15, 0.2) is 5.69 Å². The van der Waals surface area contributed by atoms with Crippen molar-refractivity contribution in [3.8, 4) is 0 Å². The van der Waals surface area contributed by atoms with Crippen LogP contribution < -0.4 is 0 Å². The van der Waals surface area contributed by atoms with Crippen LogP contribution in [0.5, 0.6) is 0 Å². The van der Waals surface area contributed by atoms with Crippen LogP contribution >= 0.6 is 11.6 Å². The number of nitrogens with zero attached hydrogens (tertiary/aromatic N) is 1. The Bertz CT molecular complexity index is 374. The molecule has 15 heavy (non-hydrogen) atoms. The van der Waals surface area contributed by atoms with E-state index in [4.69, 9.17) is 11.6 Å². The molecule has 0 radical (unpaired) electrons. The van der Waals surface area contributed by atoms with E-state index in [1.807, 2.05) is 0 Å². The molecule has 0 N–H and O–H groups in total. The Morgan fingerprint density at radius 2 is 1.80 bits per heavy atom. The molecule has 84 valence electrons. The topological polar surface area (TPSA) is 12.9 Å². The summed E-state index contributed by atoms with van der Waals surface area (Å²) < 4.78 is 73.2. The highest BCUT2D eigenvalue weighted by atomic mass is 35.5. The van der Waals surface area contributed by atoms with Gasteiger partial charge in [0.2, 0.25) is 5.95 Å². The van der Waals surface area contributed by atoms with Crippen LogP contribution in [-0.2, 0) is 6.18 Å². The third kappa shape index (κ3) is 2.53. The van der Waals surface area contributed by atoms with Crippen LogP contribution in [0.3, 0.4) is 0 Å². The van der Waals surface area contributed by atoms with E-state index in [1.165, 1.54) is 0 Å². The minimum Gasteiger partial charge on any atom is -0.213 e. The summed E-state index contributed by atoms with van der Waals surface area (Å²) in [7, 11) is 0. The van der Waals surface area contributed by atoms with Crippen molar-refractivity contribution in [3.63, 3.8) is 0 Å². The van der Waals surface area contributed by atoms with Gasteiger partial charge in [-0.25, -0.2) is 13.8 Å². The normalized spacial score (nSPS) is 12.3. The van der Waals surface area contributed by atoms with Crippen molar-refractivity contribution in [1.29, 1.82) is 0 Å². The van der Waals surface area contributed by atoms with E-state index < -0.39 is 34.8 Å². The van der Waals surface area contributed by atoms with Crippen molar-refractivity contribution < 1.29 is 26.3 Å². The highest BCUT2D eigenvalue weighted by Crippen LogP contribution is 2.36. The van der Waals surface area contributed by atoms with E-state index in [2.05, 4.69) is 4.98 Å². The van der Waals surface area contributed by atoms with E-state index in [-0.39, 0.29) is 6.07 Å². The fourth-order valence-electron chi connectivity index (χ4n) is 0.874. The van der Waals surface area contributed by atoms with Gasteiger partial charge in [-0.15, -0.1) is 0 Å². The van der Waals surface area contributed by atoms with Gasteiger partial charge in [0.05, 0.1) is 10.6 Å². The molecule has 0 aliphatic carbocycles. The number of hydrogen-bond acceptors (Lipinski definition) is 1. The van der Waals surface area contributed by atoms with Crippen molar-refractivity contribution in [2.75, 3.05) is 0 Å². The average molecular weight is 250 g/mol. The van der Waals surface area contributed by atoms with Crippen LogP contribution in [0.1, 0.15) is 17.7 Å². The first-order valence-corrected chi connectivity index (χ1v) is 3.82. The molecule has 0 aromatic carbocycles. The van der Waals surface area contributed by atoms with Gasteiger partial charge in [0.1, 0.15) is 0 Å². The van der Waals surface area contributed by atoms with Gasteiger partial charge in [-0.2, -0.15) is 17.6 Å². The number of rotatable bonds is 1. The molecule has 0 fully saturated rings. The Balaban J connectivity index is 3.42. The second kappa shape index (κ2) is 3.88. The number of aromatic nitrogens is 1. The summed E-state index contributed by atoms with van der Waals surface area (Å²) in [6.07, 6.45) is -8.57. The molecular weight excluding hydrogens is 248 g/mol. The predicted octanol–water partition coefficient (Wildman–Crippen LogP) is 3.83. The molecule has 1 heterocycles. The maximum absolute atomic E-state index is 12.6. The van der Waals surface area contributed by atoms with Crippen LogP contribution in [0.15, 0.2) is 6.07 Å². The number of alkyl halides is 5. The summed E-state index contributed by atoms with van der Waals surface area (Å²) >= 11 is 5.04. The van der Waals surface area contributed by atoms with Crippen molar-refractivity contribution in [2.24, 2.45) is 0 Å². The zero-order valence-electron chi connectivity index (χ0n) is 6.75. The zero-order chi connectivity index (χ0) is 11.8. The molecule has 0 amide bonds. The van der Waals surface area contributed by atoms with Gasteiger partial charge in [-0.1, -0.05) is 11.6 Å². The van der Waals surface area contributed by atoms with Crippen LogP contribution in [-0.4, -0.2) is 4.98 Å². The fraction of sp³-hybridized carbons (Fsp3) is 0.286. The monoisotopic (exact) mass is 249 g/mol. The molecule has 0 bridgehead atoms. The number of pyridine rings is 1. The SMILES string of the molecule is Fc1nc(C(F)(F)F)c(C(F)F)cc1Cl. The summed E-state index contributed by atoms with van der Waals surface area (Å²) in [6, 6.07) is 0.220. The predicted molar refractivity (Wildman–Crippen MR) is 39.2 cm³/mol. The van der Waals surface area contributed by atoms with Crippen molar-refractivity contribution in [1.82, 2.24) is 4.98 Å². The standard InChI is InChI=1S/C7H2ClF6N/c8-3-1-2(5(9)10)4(7(12,13)14)15-6(3)11/h1,5H. The molecule has 0 unspecified atom stereocenters. The molecular formula is C7H2ClF6N. The van der Waals surface area contributed by atoms with Gasteiger partial charge in [-0.3, -0.25) is 0 Å². The molecule has 1 aromatic heterocycles. The summed E-state index contributed by atoms with van der Waals surface area (Å²) in [5.41, 5.74) is -3.40. The minimum atomic E-state index is -5.14. The first-order valence-electron chi connectivity index (χ1n) is 3.44. The van der Waals surface area contributed by atoms with E-state index in [9.17, 15) is 26.3 Å². The molecule has 0 saturated heterocycles. The van der Waals surface area contributed by atoms with E-state index in [0.717, 1.165) is 0 Å². The molecule has 0 aliphatic rings. The maximum Gasteiger partial charge on any atom is 0.433 e. The Labute approximate surface area is 84.7 Å². The van der Waals surface area contributed by atoms with Gasteiger partial charge in [-0.05, 0) is 6.07 Å². The minimum absolute atomic E-state index is 0.220. The maximum atomic E-state index is 12.6. The number of hydrogen-bond donors (Lipinski definition) is 0. The molecule has 0 spiro atoms. The second-order valence-electron chi connectivity index (χ2n) is 2.50. The van der Waals surface area contributed by atoms with Gasteiger partial charge < -0.3 is 0 Å². The molecule has 0 atom stereocenters. The van der Waals surface area contributed by atoms with Gasteiger partial charge >= 0.3 is 6.18 Å². The molecule has 1 rings (SSSR count). The Hall–Kier alpha value is -0.980. The Morgan fingerprint density at radius 3 is 2.20 bits per heavy atom. The Kier molecular flexibility index (Phi) is 3.13. The Morgan fingerprint density at radius 1 is 1.27 bits per heavy atom. The summed E-state index contributed by atoms with van der Waals surface area (Å²) in [5, 5.41) is -0.877. The largest absolute Gasteiger partial charge is 0.433 e. The quantitative estimate of drug-likeness (QED) is 0.544. The van der Waals surface area contributed by atoms with E-state index >= 15 is 0 Å². The smallest absolute Gasteiger partial charge is 0.213 e. The summed E-state index contributed by atoms with van der Waals surface area (Å²) in [6.45, 7) is 0. The van der Waals surface area contributed by atoms with Crippen LogP contribution in [0.25, 0.3) is 0 Å². The van der Waals surface area contributed by atoms with Crippen molar-refractivity contribution >= 4 is 11.6 Å². The third-order valence-electron chi connectivity index (χ3n) is 1.47. The first-order chi connectivity index (χ1) is 6.73. The fourth-order valence-corrected chi connectivity index (χ4v) is 1.03. The van der Waals surface area contributed by atoms with Gasteiger partial charge in [0.25, 0.3) is 6.43 Å². The number of halogens is 7. The molecule has 0 saturated carbocycles. The average Bonchev–Trinajstić information content (AvgIpc) is 2.06. The van der Waals surface area contributed by atoms with Crippen molar-refractivity contribution in [3.05, 3.63) is 28.3 Å². The molecule has 8 heteroatoms. The molecule has 1 aromatic rings. The molecule has 0 aliphatic heterocycles.